The lowest BCUT2D eigenvalue weighted by molar-refractivity contribution is 0.380. The number of nitrogens with zero attached hydrogens (tertiary/aromatic N) is 1. The number of anilines is 1. The molecule has 15 heavy (non-hydrogen) atoms. The van der Waals surface area contributed by atoms with Gasteiger partial charge in [-0.05, 0) is 59.5 Å². The molecule has 0 amide bonds. The normalized spacial score (nSPS) is 16.6. The van der Waals surface area contributed by atoms with E-state index in [0.717, 1.165) is 5.92 Å². The molecule has 2 heteroatoms. The summed E-state index contributed by atoms with van der Waals surface area (Å²) in [5.74, 6) is 0.939. The molecule has 1 aliphatic rings. The van der Waals surface area contributed by atoms with Crippen LogP contribution in [0.3, 0.4) is 0 Å². The van der Waals surface area contributed by atoms with E-state index in [1.165, 1.54) is 40.8 Å². The quantitative estimate of drug-likeness (QED) is 0.766. The molecule has 0 saturated carbocycles. The number of hydrogen-bond acceptors (Lipinski definition) is 1. The first-order valence-corrected chi connectivity index (χ1v) is 6.79. The zero-order valence-corrected chi connectivity index (χ0v) is 11.6. The maximum atomic E-state index is 2.49. The number of rotatable bonds is 3. The summed E-state index contributed by atoms with van der Waals surface area (Å²) in [6, 6.07) is 6.78. The molecule has 1 heterocycles. The summed E-state index contributed by atoms with van der Waals surface area (Å²) >= 11 is 2.42. The molecule has 0 bridgehead atoms. The van der Waals surface area contributed by atoms with E-state index in [9.17, 15) is 0 Å². The summed E-state index contributed by atoms with van der Waals surface area (Å²) in [5.41, 5.74) is 2.78. The highest BCUT2D eigenvalue weighted by molar-refractivity contribution is 14.1. The largest absolute Gasteiger partial charge is 0.371 e. The summed E-state index contributed by atoms with van der Waals surface area (Å²) < 4.78 is 1.38. The van der Waals surface area contributed by atoms with Crippen LogP contribution < -0.4 is 4.90 Å². The predicted octanol–water partition coefficient (Wildman–Crippen LogP) is 3.84. The SMILES string of the molecule is CCCC1CN(c2ccc(C)c(I)c2)C1. The number of hydrogen-bond donors (Lipinski definition) is 0. The van der Waals surface area contributed by atoms with Gasteiger partial charge in [-0.2, -0.15) is 0 Å². The molecule has 0 unspecified atom stereocenters. The van der Waals surface area contributed by atoms with E-state index < -0.39 is 0 Å². The molecule has 1 fully saturated rings. The highest BCUT2D eigenvalue weighted by Crippen LogP contribution is 2.29. The summed E-state index contributed by atoms with van der Waals surface area (Å²) in [6.07, 6.45) is 2.71. The minimum absolute atomic E-state index is 0.939. The Bertz CT molecular complexity index is 342. The Labute approximate surface area is 106 Å². The average molecular weight is 315 g/mol. The average Bonchev–Trinajstić information content (AvgIpc) is 2.16. The fourth-order valence-electron chi connectivity index (χ4n) is 2.15. The standard InChI is InChI=1S/C13H18IN/c1-3-4-11-8-15(9-11)12-6-5-10(2)13(14)7-12/h5-7,11H,3-4,8-9H2,1-2H3. The molecule has 0 N–H and O–H groups in total. The van der Waals surface area contributed by atoms with Gasteiger partial charge in [-0.1, -0.05) is 19.4 Å². The molecule has 0 aromatic heterocycles. The van der Waals surface area contributed by atoms with Crippen LogP contribution in [-0.2, 0) is 0 Å². The molecule has 0 spiro atoms. The smallest absolute Gasteiger partial charge is 0.0377 e. The Hall–Kier alpha value is -0.250. The van der Waals surface area contributed by atoms with Crippen molar-refractivity contribution in [2.45, 2.75) is 26.7 Å². The van der Waals surface area contributed by atoms with Crippen LogP contribution in [0.1, 0.15) is 25.3 Å². The van der Waals surface area contributed by atoms with Gasteiger partial charge in [0.15, 0.2) is 0 Å². The first-order chi connectivity index (χ1) is 7.20. The monoisotopic (exact) mass is 315 g/mol. The van der Waals surface area contributed by atoms with Gasteiger partial charge in [0.1, 0.15) is 0 Å². The van der Waals surface area contributed by atoms with Gasteiger partial charge >= 0.3 is 0 Å². The van der Waals surface area contributed by atoms with Crippen LogP contribution in [0, 0.1) is 16.4 Å². The lowest BCUT2D eigenvalue weighted by atomic mass is 9.94. The van der Waals surface area contributed by atoms with Gasteiger partial charge < -0.3 is 4.90 Å². The maximum absolute atomic E-state index is 2.49. The van der Waals surface area contributed by atoms with Crippen molar-refractivity contribution in [3.8, 4) is 0 Å². The second-order valence-corrected chi connectivity index (χ2v) is 5.66. The Morgan fingerprint density at radius 1 is 1.40 bits per heavy atom. The topological polar surface area (TPSA) is 3.24 Å². The predicted molar refractivity (Wildman–Crippen MR) is 74.5 cm³/mol. The van der Waals surface area contributed by atoms with Crippen LogP contribution in [-0.4, -0.2) is 13.1 Å². The molecule has 0 radical (unpaired) electrons. The third-order valence-corrected chi connectivity index (χ3v) is 4.34. The van der Waals surface area contributed by atoms with Crippen molar-refractivity contribution in [1.29, 1.82) is 0 Å². The molecule has 1 aromatic carbocycles. The van der Waals surface area contributed by atoms with Crippen molar-refractivity contribution in [2.24, 2.45) is 5.92 Å². The zero-order valence-electron chi connectivity index (χ0n) is 9.46. The third kappa shape index (κ3) is 2.47. The van der Waals surface area contributed by atoms with Crippen LogP contribution >= 0.6 is 22.6 Å². The minimum Gasteiger partial charge on any atom is -0.371 e. The van der Waals surface area contributed by atoms with Crippen LogP contribution in [0.5, 0.6) is 0 Å². The molecular formula is C13H18IN. The van der Waals surface area contributed by atoms with Crippen molar-refractivity contribution < 1.29 is 0 Å². The van der Waals surface area contributed by atoms with Crippen LogP contribution in [0.2, 0.25) is 0 Å². The number of aryl methyl sites for hydroxylation is 1. The fraction of sp³-hybridized carbons (Fsp3) is 0.538. The van der Waals surface area contributed by atoms with Crippen LogP contribution in [0.25, 0.3) is 0 Å². The lowest BCUT2D eigenvalue weighted by Crippen LogP contribution is -2.46. The van der Waals surface area contributed by atoms with E-state index >= 15 is 0 Å². The Balaban J connectivity index is 1.98. The first kappa shape index (κ1) is 11.2. The molecule has 82 valence electrons. The van der Waals surface area contributed by atoms with Crippen LogP contribution in [0.15, 0.2) is 18.2 Å². The van der Waals surface area contributed by atoms with Gasteiger partial charge in [0.05, 0.1) is 0 Å². The van der Waals surface area contributed by atoms with Gasteiger partial charge in [-0.25, -0.2) is 0 Å². The summed E-state index contributed by atoms with van der Waals surface area (Å²) in [6.45, 7) is 6.96. The molecule has 1 aromatic rings. The number of halogens is 1. The molecule has 2 rings (SSSR count). The van der Waals surface area contributed by atoms with Gasteiger partial charge in [0.2, 0.25) is 0 Å². The van der Waals surface area contributed by atoms with Gasteiger partial charge in [-0.3, -0.25) is 0 Å². The maximum Gasteiger partial charge on any atom is 0.0377 e. The van der Waals surface area contributed by atoms with Crippen molar-refractivity contribution in [2.75, 3.05) is 18.0 Å². The van der Waals surface area contributed by atoms with E-state index in [4.69, 9.17) is 0 Å². The van der Waals surface area contributed by atoms with E-state index in [2.05, 4.69) is 59.5 Å². The Morgan fingerprint density at radius 2 is 2.13 bits per heavy atom. The van der Waals surface area contributed by atoms with E-state index in [1.807, 2.05) is 0 Å². The van der Waals surface area contributed by atoms with Crippen LogP contribution in [0.4, 0.5) is 5.69 Å². The number of benzene rings is 1. The van der Waals surface area contributed by atoms with E-state index in [-0.39, 0.29) is 0 Å². The molecule has 1 nitrogen and oxygen atoms in total. The first-order valence-electron chi connectivity index (χ1n) is 5.71. The van der Waals surface area contributed by atoms with E-state index in [0.29, 0.717) is 0 Å². The lowest BCUT2D eigenvalue weighted by Gasteiger charge is -2.41. The zero-order chi connectivity index (χ0) is 10.8. The summed E-state index contributed by atoms with van der Waals surface area (Å²) in [7, 11) is 0. The van der Waals surface area contributed by atoms with Crippen molar-refractivity contribution >= 4 is 28.3 Å². The molecule has 1 aliphatic heterocycles. The van der Waals surface area contributed by atoms with Crippen molar-refractivity contribution in [1.82, 2.24) is 0 Å². The Kier molecular flexibility index (Phi) is 3.54. The van der Waals surface area contributed by atoms with E-state index in [1.54, 1.807) is 0 Å². The second-order valence-electron chi connectivity index (χ2n) is 4.49. The molecule has 1 saturated heterocycles. The van der Waals surface area contributed by atoms with Gasteiger partial charge in [0, 0.05) is 22.3 Å². The second kappa shape index (κ2) is 4.73. The minimum atomic E-state index is 0.939. The molecule has 0 aliphatic carbocycles. The Morgan fingerprint density at radius 3 is 2.73 bits per heavy atom. The third-order valence-electron chi connectivity index (χ3n) is 3.17. The van der Waals surface area contributed by atoms with Gasteiger partial charge in [-0.15, -0.1) is 0 Å². The van der Waals surface area contributed by atoms with Gasteiger partial charge in [0.25, 0.3) is 0 Å². The summed E-state index contributed by atoms with van der Waals surface area (Å²) in [4.78, 5) is 2.49. The van der Waals surface area contributed by atoms with Crippen molar-refractivity contribution in [3.05, 3.63) is 27.3 Å². The molecule has 0 atom stereocenters. The van der Waals surface area contributed by atoms with Crippen molar-refractivity contribution in [3.63, 3.8) is 0 Å². The highest BCUT2D eigenvalue weighted by Gasteiger charge is 2.25. The summed E-state index contributed by atoms with van der Waals surface area (Å²) in [5, 5.41) is 0. The molecular weight excluding hydrogens is 297 g/mol. The highest BCUT2D eigenvalue weighted by atomic mass is 127. The fourth-order valence-corrected chi connectivity index (χ4v) is 2.65.